The zero-order valence-corrected chi connectivity index (χ0v) is 13.7. The first-order chi connectivity index (χ1) is 11.9. The normalized spacial score (nSPS) is 21.7. The lowest BCUT2D eigenvalue weighted by molar-refractivity contribution is -0.119. The number of nitrogens with zero attached hydrogens (tertiary/aromatic N) is 2. The van der Waals surface area contributed by atoms with E-state index in [1.54, 1.807) is 19.2 Å². The van der Waals surface area contributed by atoms with E-state index in [1.165, 1.54) is 16.8 Å². The molecular formula is C18H18F3N3O. The van der Waals surface area contributed by atoms with Gasteiger partial charge >= 0.3 is 0 Å². The monoisotopic (exact) mass is 349 g/mol. The van der Waals surface area contributed by atoms with Crippen molar-refractivity contribution in [2.24, 2.45) is 13.0 Å². The fourth-order valence-corrected chi connectivity index (χ4v) is 3.32. The minimum atomic E-state index is -2.91. The van der Waals surface area contributed by atoms with Gasteiger partial charge in [-0.25, -0.2) is 13.2 Å². The fraction of sp³-hybridized carbons (Fsp3) is 0.444. The van der Waals surface area contributed by atoms with Gasteiger partial charge in [-0.15, -0.1) is 0 Å². The van der Waals surface area contributed by atoms with Gasteiger partial charge in [0.2, 0.25) is 5.91 Å². The highest BCUT2D eigenvalue weighted by atomic mass is 19.3. The largest absolute Gasteiger partial charge is 0.310 e. The topological polar surface area (TPSA) is 46.9 Å². The molecule has 2 aliphatic carbocycles. The molecule has 2 fully saturated rings. The molecule has 132 valence electrons. The second-order valence-corrected chi connectivity index (χ2v) is 6.88. The molecule has 2 saturated carbocycles. The van der Waals surface area contributed by atoms with Gasteiger partial charge in [0.1, 0.15) is 17.6 Å². The van der Waals surface area contributed by atoms with Crippen molar-refractivity contribution in [3.8, 4) is 11.3 Å². The van der Waals surface area contributed by atoms with E-state index in [1.807, 2.05) is 0 Å². The molecule has 25 heavy (non-hydrogen) atoms. The van der Waals surface area contributed by atoms with Crippen LogP contribution in [-0.2, 0) is 11.8 Å². The molecule has 0 spiro atoms. The summed E-state index contributed by atoms with van der Waals surface area (Å²) in [5, 5.41) is 7.08. The number of nitrogens with one attached hydrogen (secondary N) is 1. The van der Waals surface area contributed by atoms with Gasteiger partial charge in [-0.3, -0.25) is 9.48 Å². The Labute approximate surface area is 143 Å². The maximum Gasteiger partial charge on any atom is 0.260 e. The number of carbonyl (C=O) groups excluding carboxylic acids is 1. The number of hydrogen-bond acceptors (Lipinski definition) is 2. The Morgan fingerprint density at radius 3 is 2.64 bits per heavy atom. The Kier molecular flexibility index (Phi) is 3.63. The second kappa shape index (κ2) is 5.61. The summed E-state index contributed by atoms with van der Waals surface area (Å²) in [5.74, 6) is -4.59. The Balaban J connectivity index is 1.72. The van der Waals surface area contributed by atoms with Crippen molar-refractivity contribution in [2.75, 3.05) is 5.32 Å². The molecule has 0 aliphatic heterocycles. The minimum absolute atomic E-state index is 0.196. The van der Waals surface area contributed by atoms with E-state index in [9.17, 15) is 18.0 Å². The highest BCUT2D eigenvalue weighted by Crippen LogP contribution is 2.50. The molecule has 0 radical (unpaired) electrons. The number of alkyl halides is 2. The van der Waals surface area contributed by atoms with Crippen molar-refractivity contribution in [1.29, 1.82) is 0 Å². The third-order valence-electron chi connectivity index (χ3n) is 5.08. The predicted octanol–water partition coefficient (Wildman–Crippen LogP) is 4.09. The molecule has 1 aromatic heterocycles. The smallest absolute Gasteiger partial charge is 0.260 e. The van der Waals surface area contributed by atoms with E-state index < -0.39 is 24.2 Å². The molecule has 0 unspecified atom stereocenters. The standard InChI is InChI=1S/C18H18F3N3O/c1-24-16(22-17(25)13-9-18(13,20)21)14(10-4-2-5-10)15(23-24)11-6-3-7-12(19)8-11/h3,6-8,10,13H,2,4-5,9H2,1H3,(H,22,25)/t13-/m0/s1. The first-order valence-electron chi connectivity index (χ1n) is 8.38. The van der Waals surface area contributed by atoms with E-state index in [0.29, 0.717) is 17.1 Å². The summed E-state index contributed by atoms with van der Waals surface area (Å²) in [6, 6.07) is 6.11. The molecule has 1 aromatic carbocycles. The number of benzene rings is 1. The van der Waals surface area contributed by atoms with Crippen LogP contribution < -0.4 is 5.32 Å². The molecule has 2 aliphatic rings. The Morgan fingerprint density at radius 1 is 1.36 bits per heavy atom. The average molecular weight is 349 g/mol. The lowest BCUT2D eigenvalue weighted by Crippen LogP contribution is -2.21. The van der Waals surface area contributed by atoms with Gasteiger partial charge in [0.05, 0.1) is 5.69 Å². The van der Waals surface area contributed by atoms with Crippen LogP contribution in [0.15, 0.2) is 24.3 Å². The first-order valence-corrected chi connectivity index (χ1v) is 8.38. The summed E-state index contributed by atoms with van der Waals surface area (Å²) in [4.78, 5) is 12.1. The Bertz CT molecular complexity index is 842. The van der Waals surface area contributed by atoms with Crippen LogP contribution in [-0.4, -0.2) is 21.6 Å². The van der Waals surface area contributed by atoms with E-state index in [-0.39, 0.29) is 11.7 Å². The number of hydrogen-bond donors (Lipinski definition) is 1. The molecule has 4 rings (SSSR count). The number of halogens is 3. The highest BCUT2D eigenvalue weighted by molar-refractivity contribution is 5.96. The van der Waals surface area contributed by atoms with Crippen LogP contribution in [0.4, 0.5) is 19.0 Å². The van der Waals surface area contributed by atoms with Gasteiger partial charge in [0.15, 0.2) is 0 Å². The van der Waals surface area contributed by atoms with E-state index >= 15 is 0 Å². The summed E-state index contributed by atoms with van der Waals surface area (Å²) >= 11 is 0. The molecule has 1 amide bonds. The molecule has 1 atom stereocenters. The second-order valence-electron chi connectivity index (χ2n) is 6.88. The highest BCUT2D eigenvalue weighted by Gasteiger charge is 2.61. The molecule has 2 aromatic rings. The SMILES string of the molecule is Cn1nc(-c2cccc(F)c2)c(C2CCC2)c1NC(=O)[C@@H]1CC1(F)F. The van der Waals surface area contributed by atoms with Gasteiger partial charge in [0.25, 0.3) is 5.92 Å². The van der Waals surface area contributed by atoms with Crippen LogP contribution in [0, 0.1) is 11.7 Å². The molecule has 1 heterocycles. The van der Waals surface area contributed by atoms with Gasteiger partial charge in [-0.1, -0.05) is 18.6 Å². The van der Waals surface area contributed by atoms with E-state index in [0.717, 1.165) is 24.8 Å². The maximum atomic E-state index is 13.6. The lowest BCUT2D eigenvalue weighted by atomic mass is 9.79. The number of amides is 1. The molecule has 7 heteroatoms. The Morgan fingerprint density at radius 2 is 2.08 bits per heavy atom. The average Bonchev–Trinajstić information content (AvgIpc) is 3.04. The fourth-order valence-electron chi connectivity index (χ4n) is 3.32. The number of anilines is 1. The van der Waals surface area contributed by atoms with Crippen LogP contribution in [0.3, 0.4) is 0 Å². The van der Waals surface area contributed by atoms with Crippen molar-refractivity contribution >= 4 is 11.7 Å². The van der Waals surface area contributed by atoms with Crippen LogP contribution in [0.2, 0.25) is 0 Å². The molecule has 4 nitrogen and oxygen atoms in total. The van der Waals surface area contributed by atoms with Gasteiger partial charge in [-0.05, 0) is 30.9 Å². The minimum Gasteiger partial charge on any atom is -0.310 e. The summed E-state index contributed by atoms with van der Waals surface area (Å²) < 4.78 is 41.5. The number of aromatic nitrogens is 2. The predicted molar refractivity (Wildman–Crippen MR) is 86.9 cm³/mol. The number of rotatable bonds is 4. The number of carbonyl (C=O) groups is 1. The zero-order chi connectivity index (χ0) is 17.8. The lowest BCUT2D eigenvalue weighted by Gasteiger charge is -2.27. The van der Waals surface area contributed by atoms with Crippen molar-refractivity contribution < 1.29 is 18.0 Å². The van der Waals surface area contributed by atoms with Crippen LogP contribution in [0.25, 0.3) is 11.3 Å². The summed E-state index contributed by atoms with van der Waals surface area (Å²) in [5.41, 5.74) is 2.04. The molecule has 0 bridgehead atoms. The summed E-state index contributed by atoms with van der Waals surface area (Å²) in [6.07, 6.45) is 2.54. The van der Waals surface area contributed by atoms with Crippen LogP contribution >= 0.6 is 0 Å². The Hall–Kier alpha value is -2.31. The van der Waals surface area contributed by atoms with Crippen molar-refractivity contribution in [3.05, 3.63) is 35.6 Å². The molecular weight excluding hydrogens is 331 g/mol. The van der Waals surface area contributed by atoms with E-state index in [4.69, 9.17) is 0 Å². The maximum absolute atomic E-state index is 13.6. The van der Waals surface area contributed by atoms with Crippen molar-refractivity contribution in [1.82, 2.24) is 9.78 Å². The molecule has 1 N–H and O–H groups in total. The van der Waals surface area contributed by atoms with Crippen LogP contribution in [0.1, 0.15) is 37.2 Å². The van der Waals surface area contributed by atoms with Gasteiger partial charge in [0, 0.05) is 24.6 Å². The van der Waals surface area contributed by atoms with Crippen molar-refractivity contribution in [3.63, 3.8) is 0 Å². The third kappa shape index (κ3) is 2.81. The van der Waals surface area contributed by atoms with Gasteiger partial charge in [-0.2, -0.15) is 5.10 Å². The first kappa shape index (κ1) is 16.2. The number of aryl methyl sites for hydroxylation is 1. The quantitative estimate of drug-likeness (QED) is 0.904. The third-order valence-corrected chi connectivity index (χ3v) is 5.08. The van der Waals surface area contributed by atoms with Gasteiger partial charge < -0.3 is 5.32 Å². The zero-order valence-electron chi connectivity index (χ0n) is 13.7. The van der Waals surface area contributed by atoms with Crippen LogP contribution in [0.5, 0.6) is 0 Å². The van der Waals surface area contributed by atoms with Crippen molar-refractivity contribution in [2.45, 2.75) is 37.5 Å². The van der Waals surface area contributed by atoms with E-state index in [2.05, 4.69) is 10.4 Å². The summed E-state index contributed by atoms with van der Waals surface area (Å²) in [7, 11) is 1.66. The molecule has 0 saturated heterocycles. The summed E-state index contributed by atoms with van der Waals surface area (Å²) in [6.45, 7) is 0.